The average Bonchev–Trinajstić information content (AvgIpc) is 2.70. The third-order valence-corrected chi connectivity index (χ3v) is 4.71. The largest absolute Gasteiger partial charge is 0.389 e. The zero-order valence-electron chi connectivity index (χ0n) is 16.0. The van der Waals surface area contributed by atoms with E-state index in [4.69, 9.17) is 16.6 Å². The van der Waals surface area contributed by atoms with E-state index in [9.17, 15) is 9.90 Å². The summed E-state index contributed by atoms with van der Waals surface area (Å²) in [4.78, 5) is 26.8. The van der Waals surface area contributed by atoms with E-state index in [1.165, 1.54) is 4.57 Å². The molecule has 0 radical (unpaired) electrons. The van der Waals surface area contributed by atoms with Crippen LogP contribution in [0, 0.1) is 0 Å². The van der Waals surface area contributed by atoms with Crippen LogP contribution in [0.2, 0.25) is 5.02 Å². The van der Waals surface area contributed by atoms with Crippen LogP contribution in [0.25, 0.3) is 33.5 Å². The Hall–Kier alpha value is -3.09. The molecule has 0 saturated carbocycles. The van der Waals surface area contributed by atoms with Gasteiger partial charge >= 0.3 is 0 Å². The number of rotatable bonds is 4. The number of halogens is 1. The molecule has 0 fully saturated rings. The minimum Gasteiger partial charge on any atom is -0.389 e. The summed E-state index contributed by atoms with van der Waals surface area (Å²) in [5.74, 6) is 0.444. The van der Waals surface area contributed by atoms with Crippen LogP contribution in [0.4, 0.5) is 0 Å². The predicted molar refractivity (Wildman–Crippen MR) is 114 cm³/mol. The van der Waals surface area contributed by atoms with Gasteiger partial charge in [-0.3, -0.25) is 19.3 Å². The molecule has 146 valence electrons. The van der Waals surface area contributed by atoms with Gasteiger partial charge in [-0.1, -0.05) is 11.6 Å². The second-order valence-corrected chi connectivity index (χ2v) is 7.88. The minimum atomic E-state index is -1.10. The molecule has 0 saturated heterocycles. The van der Waals surface area contributed by atoms with Crippen LogP contribution < -0.4 is 5.56 Å². The Balaban J connectivity index is 2.06. The maximum absolute atomic E-state index is 13.4. The van der Waals surface area contributed by atoms with E-state index in [0.29, 0.717) is 27.4 Å². The molecule has 0 bridgehead atoms. The van der Waals surface area contributed by atoms with Crippen LogP contribution in [0.3, 0.4) is 0 Å². The third kappa shape index (κ3) is 3.90. The molecule has 4 aromatic rings. The van der Waals surface area contributed by atoms with Crippen LogP contribution in [0.15, 0.2) is 65.8 Å². The Morgan fingerprint density at radius 2 is 1.83 bits per heavy atom. The number of aromatic nitrogens is 4. The van der Waals surface area contributed by atoms with Gasteiger partial charge in [0.2, 0.25) is 0 Å². The first-order chi connectivity index (χ1) is 13.8. The summed E-state index contributed by atoms with van der Waals surface area (Å²) < 4.78 is 1.50. The van der Waals surface area contributed by atoms with Gasteiger partial charge in [0.05, 0.1) is 23.2 Å². The van der Waals surface area contributed by atoms with Gasteiger partial charge in [0.1, 0.15) is 11.3 Å². The third-order valence-electron chi connectivity index (χ3n) is 4.46. The van der Waals surface area contributed by atoms with Gasteiger partial charge < -0.3 is 5.11 Å². The molecule has 0 spiro atoms. The lowest BCUT2D eigenvalue weighted by Crippen LogP contribution is -2.34. The van der Waals surface area contributed by atoms with E-state index in [0.717, 1.165) is 11.1 Å². The smallest absolute Gasteiger partial charge is 0.261 e. The van der Waals surface area contributed by atoms with Crippen LogP contribution in [0.5, 0.6) is 0 Å². The van der Waals surface area contributed by atoms with E-state index < -0.39 is 5.60 Å². The van der Waals surface area contributed by atoms with Crippen molar-refractivity contribution in [3.05, 3.63) is 76.4 Å². The molecule has 0 amide bonds. The first-order valence-electron chi connectivity index (χ1n) is 9.12. The number of hydrogen-bond donors (Lipinski definition) is 1. The lowest BCUT2D eigenvalue weighted by Gasteiger charge is -2.22. The number of fused-ring (bicyclic) bond motifs is 1. The van der Waals surface area contributed by atoms with E-state index in [-0.39, 0.29) is 12.1 Å². The monoisotopic (exact) mass is 406 g/mol. The molecule has 0 unspecified atom stereocenters. The van der Waals surface area contributed by atoms with Crippen molar-refractivity contribution in [3.8, 4) is 22.6 Å². The molecule has 1 N–H and O–H groups in total. The highest BCUT2D eigenvalue weighted by Crippen LogP contribution is 2.27. The molecule has 6 nitrogen and oxygen atoms in total. The molecule has 3 heterocycles. The van der Waals surface area contributed by atoms with E-state index in [2.05, 4.69) is 9.97 Å². The highest BCUT2D eigenvalue weighted by atomic mass is 35.5. The highest BCUT2D eigenvalue weighted by molar-refractivity contribution is 6.30. The van der Waals surface area contributed by atoms with Crippen LogP contribution in [-0.2, 0) is 6.54 Å². The van der Waals surface area contributed by atoms with Crippen molar-refractivity contribution in [3.63, 3.8) is 0 Å². The lowest BCUT2D eigenvalue weighted by atomic mass is 10.1. The van der Waals surface area contributed by atoms with Crippen LogP contribution >= 0.6 is 11.6 Å². The van der Waals surface area contributed by atoms with Crippen molar-refractivity contribution in [2.45, 2.75) is 26.0 Å². The summed E-state index contributed by atoms with van der Waals surface area (Å²) in [5.41, 5.74) is 1.22. The number of hydrogen-bond acceptors (Lipinski definition) is 5. The van der Waals surface area contributed by atoms with Crippen LogP contribution in [-0.4, -0.2) is 30.2 Å². The number of pyridine rings is 2. The summed E-state index contributed by atoms with van der Waals surface area (Å²) in [5, 5.41) is 11.4. The fourth-order valence-corrected chi connectivity index (χ4v) is 3.34. The summed E-state index contributed by atoms with van der Waals surface area (Å²) in [7, 11) is 0. The van der Waals surface area contributed by atoms with Crippen molar-refractivity contribution >= 4 is 22.5 Å². The molecular weight excluding hydrogens is 388 g/mol. The first-order valence-corrected chi connectivity index (χ1v) is 9.49. The van der Waals surface area contributed by atoms with Gasteiger partial charge in [0.15, 0.2) is 0 Å². The van der Waals surface area contributed by atoms with Crippen molar-refractivity contribution < 1.29 is 5.11 Å². The topological polar surface area (TPSA) is 80.9 Å². The summed E-state index contributed by atoms with van der Waals surface area (Å²) in [6.07, 6.45) is 4.95. The lowest BCUT2D eigenvalue weighted by molar-refractivity contribution is 0.0608. The number of aliphatic hydroxyl groups is 1. The van der Waals surface area contributed by atoms with Gasteiger partial charge in [-0.2, -0.15) is 0 Å². The molecule has 7 heteroatoms. The van der Waals surface area contributed by atoms with Gasteiger partial charge in [0.25, 0.3) is 5.56 Å². The normalized spacial score (nSPS) is 11.7. The molecule has 0 aliphatic heterocycles. The maximum Gasteiger partial charge on any atom is 0.261 e. The fourth-order valence-electron chi connectivity index (χ4n) is 3.21. The first kappa shape index (κ1) is 19.2. The minimum absolute atomic E-state index is 0.0945. The van der Waals surface area contributed by atoms with E-state index >= 15 is 0 Å². The second kappa shape index (κ2) is 7.39. The molecule has 3 aromatic heterocycles. The molecular formula is C22H19ClN4O2. The zero-order valence-corrected chi connectivity index (χ0v) is 16.8. The standard InChI is InChI=1S/C22H19ClN4O2/c1-22(2,29)13-27-20(14-5-7-16(23)8-6-14)26-19-17(21(27)28)9-11-25-18(19)15-4-3-10-24-12-15/h3-12,29H,13H2,1-2H3. The molecule has 0 atom stereocenters. The van der Waals surface area contributed by atoms with E-state index in [1.807, 2.05) is 12.1 Å². The van der Waals surface area contributed by atoms with Gasteiger partial charge in [-0.05, 0) is 56.3 Å². The van der Waals surface area contributed by atoms with Crippen molar-refractivity contribution in [1.29, 1.82) is 0 Å². The Morgan fingerprint density at radius 3 is 2.48 bits per heavy atom. The molecule has 29 heavy (non-hydrogen) atoms. The summed E-state index contributed by atoms with van der Waals surface area (Å²) in [6.45, 7) is 3.41. The summed E-state index contributed by atoms with van der Waals surface area (Å²) >= 11 is 6.03. The van der Waals surface area contributed by atoms with Crippen molar-refractivity contribution in [1.82, 2.24) is 19.5 Å². The highest BCUT2D eigenvalue weighted by Gasteiger charge is 2.21. The zero-order chi connectivity index (χ0) is 20.6. The van der Waals surface area contributed by atoms with E-state index in [1.54, 1.807) is 62.8 Å². The van der Waals surface area contributed by atoms with Crippen LogP contribution in [0.1, 0.15) is 13.8 Å². The predicted octanol–water partition coefficient (Wildman–Crippen LogP) is 3.94. The quantitative estimate of drug-likeness (QED) is 0.555. The Bertz CT molecular complexity index is 1230. The average molecular weight is 407 g/mol. The fraction of sp³-hybridized carbons (Fsp3) is 0.182. The van der Waals surface area contributed by atoms with Gasteiger partial charge in [-0.25, -0.2) is 4.98 Å². The molecule has 1 aromatic carbocycles. The SMILES string of the molecule is CC(C)(O)Cn1c(-c2ccc(Cl)cc2)nc2c(-c3cccnc3)nccc2c1=O. The Morgan fingerprint density at radius 1 is 1.07 bits per heavy atom. The maximum atomic E-state index is 13.4. The second-order valence-electron chi connectivity index (χ2n) is 7.44. The van der Waals surface area contributed by atoms with Crippen molar-refractivity contribution in [2.75, 3.05) is 0 Å². The Labute approximate surface area is 172 Å². The Kier molecular flexibility index (Phi) is 4.90. The molecule has 0 aliphatic carbocycles. The molecule has 4 rings (SSSR count). The van der Waals surface area contributed by atoms with Crippen molar-refractivity contribution in [2.24, 2.45) is 0 Å². The number of benzene rings is 1. The molecule has 0 aliphatic rings. The summed E-state index contributed by atoms with van der Waals surface area (Å²) in [6, 6.07) is 12.4. The van der Waals surface area contributed by atoms with Gasteiger partial charge in [0, 0.05) is 34.7 Å². The van der Waals surface area contributed by atoms with Gasteiger partial charge in [-0.15, -0.1) is 0 Å². The number of nitrogens with zero attached hydrogens (tertiary/aromatic N) is 4.